The number of carbonyl (C=O) groups excluding carboxylic acids is 1. The molecule has 1 aromatic rings. The van der Waals surface area contributed by atoms with E-state index in [0.29, 0.717) is 0 Å². The minimum atomic E-state index is 0.0143. The third kappa shape index (κ3) is 1.57. The molecule has 0 amide bonds. The number of rotatable bonds is 2. The van der Waals surface area contributed by atoms with E-state index in [-0.39, 0.29) is 11.8 Å². The Hall–Kier alpha value is -1.16. The van der Waals surface area contributed by atoms with Gasteiger partial charge in [-0.15, -0.1) is 0 Å². The summed E-state index contributed by atoms with van der Waals surface area (Å²) < 4.78 is 2.14. The monoisotopic (exact) mass is 193 g/mol. The highest BCUT2D eigenvalue weighted by atomic mass is 16.1. The molecule has 4 nitrogen and oxygen atoms in total. The van der Waals surface area contributed by atoms with Gasteiger partial charge in [0.1, 0.15) is 11.6 Å². The molecule has 0 fully saturated rings. The predicted octanol–water partition coefficient (Wildman–Crippen LogP) is 0.676. The van der Waals surface area contributed by atoms with E-state index in [1.165, 1.54) is 0 Å². The van der Waals surface area contributed by atoms with Crippen molar-refractivity contribution in [2.45, 2.75) is 33.0 Å². The highest BCUT2D eigenvalue weighted by Crippen LogP contribution is 2.13. The van der Waals surface area contributed by atoms with Crippen molar-refractivity contribution < 1.29 is 4.79 Å². The Kier molecular flexibility index (Phi) is 2.37. The minimum absolute atomic E-state index is 0.0143. The standard InChI is InChI=1S/C10H15N3O/c1-8(9(2)14)13-6-5-12-4-3-11-10(12)7-13/h3-4,8H,5-7H2,1-2H3/t8-/m1/s1. The van der Waals surface area contributed by atoms with Crippen LogP contribution < -0.4 is 0 Å². The average Bonchev–Trinajstić information content (AvgIpc) is 2.62. The van der Waals surface area contributed by atoms with Crippen LogP contribution >= 0.6 is 0 Å². The van der Waals surface area contributed by atoms with Crippen molar-refractivity contribution in [3.8, 4) is 0 Å². The quantitative estimate of drug-likeness (QED) is 0.693. The van der Waals surface area contributed by atoms with Gasteiger partial charge in [-0.3, -0.25) is 9.69 Å². The van der Waals surface area contributed by atoms with E-state index in [1.807, 2.05) is 19.3 Å². The minimum Gasteiger partial charge on any atom is -0.333 e. The Balaban J connectivity index is 2.11. The van der Waals surface area contributed by atoms with Gasteiger partial charge in [0.05, 0.1) is 12.6 Å². The van der Waals surface area contributed by atoms with Crippen molar-refractivity contribution >= 4 is 5.78 Å². The second kappa shape index (κ2) is 3.53. The molecule has 1 atom stereocenters. The van der Waals surface area contributed by atoms with Crippen molar-refractivity contribution in [2.24, 2.45) is 0 Å². The molecule has 0 N–H and O–H groups in total. The maximum atomic E-state index is 11.2. The molecular weight excluding hydrogens is 178 g/mol. The molecule has 0 saturated heterocycles. The van der Waals surface area contributed by atoms with Gasteiger partial charge in [-0.2, -0.15) is 0 Å². The van der Waals surface area contributed by atoms with Crippen molar-refractivity contribution in [3.63, 3.8) is 0 Å². The van der Waals surface area contributed by atoms with E-state index in [2.05, 4.69) is 14.5 Å². The molecule has 0 aliphatic carbocycles. The Morgan fingerprint density at radius 3 is 3.07 bits per heavy atom. The van der Waals surface area contributed by atoms with E-state index in [1.54, 1.807) is 6.92 Å². The number of nitrogens with zero attached hydrogens (tertiary/aromatic N) is 3. The van der Waals surface area contributed by atoms with E-state index in [0.717, 1.165) is 25.5 Å². The smallest absolute Gasteiger partial charge is 0.146 e. The number of aromatic nitrogens is 2. The van der Waals surface area contributed by atoms with Crippen molar-refractivity contribution in [1.29, 1.82) is 0 Å². The van der Waals surface area contributed by atoms with Gasteiger partial charge in [-0.25, -0.2) is 4.98 Å². The maximum absolute atomic E-state index is 11.2. The zero-order chi connectivity index (χ0) is 10.1. The SMILES string of the molecule is CC(=O)[C@@H](C)N1CCn2ccnc2C1. The third-order valence-corrected chi connectivity index (χ3v) is 2.91. The summed E-state index contributed by atoms with van der Waals surface area (Å²) in [5.74, 6) is 1.29. The summed E-state index contributed by atoms with van der Waals surface area (Å²) in [6, 6.07) is 0.0143. The van der Waals surface area contributed by atoms with Gasteiger partial charge in [-0.05, 0) is 13.8 Å². The molecule has 4 heteroatoms. The normalized spacial score (nSPS) is 19.0. The summed E-state index contributed by atoms with van der Waals surface area (Å²) in [6.07, 6.45) is 3.81. The van der Waals surface area contributed by atoms with Gasteiger partial charge in [-0.1, -0.05) is 0 Å². The fourth-order valence-electron chi connectivity index (χ4n) is 1.78. The van der Waals surface area contributed by atoms with Crippen LogP contribution in [0.1, 0.15) is 19.7 Å². The molecule has 0 radical (unpaired) electrons. The van der Waals surface area contributed by atoms with E-state index in [9.17, 15) is 4.79 Å². The summed E-state index contributed by atoms with van der Waals surface area (Å²) in [7, 11) is 0. The molecular formula is C10H15N3O. The molecule has 2 heterocycles. The first kappa shape index (κ1) is 9.40. The number of ketones is 1. The van der Waals surface area contributed by atoms with E-state index < -0.39 is 0 Å². The molecule has 76 valence electrons. The number of hydrogen-bond acceptors (Lipinski definition) is 3. The lowest BCUT2D eigenvalue weighted by atomic mass is 10.2. The van der Waals surface area contributed by atoms with Crippen LogP contribution in [-0.2, 0) is 17.9 Å². The van der Waals surface area contributed by atoms with Crippen LogP contribution in [0.15, 0.2) is 12.4 Å². The lowest BCUT2D eigenvalue weighted by Crippen LogP contribution is -2.42. The fourth-order valence-corrected chi connectivity index (χ4v) is 1.78. The van der Waals surface area contributed by atoms with Crippen LogP contribution in [0.3, 0.4) is 0 Å². The largest absolute Gasteiger partial charge is 0.333 e. The van der Waals surface area contributed by atoms with Crippen LogP contribution in [0.25, 0.3) is 0 Å². The number of imidazole rings is 1. The second-order valence-electron chi connectivity index (χ2n) is 3.79. The van der Waals surface area contributed by atoms with Gasteiger partial charge in [0, 0.05) is 25.5 Å². The summed E-state index contributed by atoms with van der Waals surface area (Å²) in [5, 5.41) is 0. The van der Waals surface area contributed by atoms with Crippen molar-refractivity contribution in [3.05, 3.63) is 18.2 Å². The molecule has 1 aromatic heterocycles. The number of Topliss-reactive ketones (excluding diaryl/α,β-unsaturated/α-hetero) is 1. The van der Waals surface area contributed by atoms with Crippen LogP contribution in [-0.4, -0.2) is 32.8 Å². The Morgan fingerprint density at radius 1 is 1.57 bits per heavy atom. The summed E-state index contributed by atoms with van der Waals surface area (Å²) in [4.78, 5) is 17.7. The molecule has 0 spiro atoms. The molecule has 2 rings (SSSR count). The highest BCUT2D eigenvalue weighted by molar-refractivity contribution is 5.80. The molecule has 0 aromatic carbocycles. The Bertz CT molecular complexity index is 345. The summed E-state index contributed by atoms with van der Waals surface area (Å²) in [6.45, 7) is 6.26. The van der Waals surface area contributed by atoms with Crippen LogP contribution in [0.2, 0.25) is 0 Å². The zero-order valence-electron chi connectivity index (χ0n) is 8.60. The second-order valence-corrected chi connectivity index (χ2v) is 3.79. The van der Waals surface area contributed by atoms with Crippen LogP contribution in [0.4, 0.5) is 0 Å². The number of carbonyl (C=O) groups is 1. The van der Waals surface area contributed by atoms with Gasteiger partial charge < -0.3 is 4.57 Å². The molecule has 1 aliphatic rings. The molecule has 0 bridgehead atoms. The zero-order valence-corrected chi connectivity index (χ0v) is 8.60. The molecule has 0 unspecified atom stereocenters. The van der Waals surface area contributed by atoms with E-state index >= 15 is 0 Å². The van der Waals surface area contributed by atoms with Gasteiger partial charge in [0.2, 0.25) is 0 Å². The molecule has 0 saturated carbocycles. The highest BCUT2D eigenvalue weighted by Gasteiger charge is 2.23. The Labute approximate surface area is 83.5 Å². The topological polar surface area (TPSA) is 38.1 Å². The number of fused-ring (bicyclic) bond motifs is 1. The fraction of sp³-hybridized carbons (Fsp3) is 0.600. The maximum Gasteiger partial charge on any atom is 0.146 e. The Morgan fingerprint density at radius 2 is 2.36 bits per heavy atom. The van der Waals surface area contributed by atoms with Crippen molar-refractivity contribution in [2.75, 3.05) is 6.54 Å². The van der Waals surface area contributed by atoms with E-state index in [4.69, 9.17) is 0 Å². The third-order valence-electron chi connectivity index (χ3n) is 2.91. The first-order chi connectivity index (χ1) is 6.68. The first-order valence-electron chi connectivity index (χ1n) is 4.93. The lowest BCUT2D eigenvalue weighted by Gasteiger charge is -2.31. The lowest BCUT2D eigenvalue weighted by molar-refractivity contribution is -0.122. The predicted molar refractivity (Wildman–Crippen MR) is 52.8 cm³/mol. The van der Waals surface area contributed by atoms with Gasteiger partial charge in [0.15, 0.2) is 0 Å². The number of hydrogen-bond donors (Lipinski definition) is 0. The average molecular weight is 193 g/mol. The van der Waals surface area contributed by atoms with Crippen molar-refractivity contribution in [1.82, 2.24) is 14.5 Å². The summed E-state index contributed by atoms with van der Waals surface area (Å²) in [5.41, 5.74) is 0. The van der Waals surface area contributed by atoms with Crippen LogP contribution in [0, 0.1) is 0 Å². The van der Waals surface area contributed by atoms with Gasteiger partial charge in [0.25, 0.3) is 0 Å². The van der Waals surface area contributed by atoms with Crippen LogP contribution in [0.5, 0.6) is 0 Å². The van der Waals surface area contributed by atoms with Gasteiger partial charge >= 0.3 is 0 Å². The first-order valence-corrected chi connectivity index (χ1v) is 4.93. The molecule has 14 heavy (non-hydrogen) atoms. The summed E-state index contributed by atoms with van der Waals surface area (Å²) >= 11 is 0. The molecule has 1 aliphatic heterocycles.